The first kappa shape index (κ1) is 36.1. The van der Waals surface area contributed by atoms with Crippen LogP contribution in [-0.2, 0) is 0 Å². The third kappa shape index (κ3) is 5.86. The van der Waals surface area contributed by atoms with Gasteiger partial charge in [0.05, 0.1) is 0 Å². The van der Waals surface area contributed by atoms with E-state index >= 15 is 4.79 Å². The Balaban J connectivity index is 1.79. The second-order valence-electron chi connectivity index (χ2n) is 13.9. The molecule has 1 N–H and O–H groups in total. The molecule has 0 bridgehead atoms. The first-order chi connectivity index (χ1) is 27.2. The average Bonchev–Trinajstić information content (AvgIpc) is 3.27. The van der Waals surface area contributed by atoms with Crippen LogP contribution in [0.2, 0.25) is 0 Å². The van der Waals surface area contributed by atoms with Gasteiger partial charge in [-0.25, -0.2) is 0 Å². The lowest BCUT2D eigenvalue weighted by atomic mass is 10.4. The lowest BCUT2D eigenvalue weighted by molar-refractivity contribution is 0.219. The highest BCUT2D eigenvalue weighted by Crippen LogP contribution is 2.33. The maximum Gasteiger partial charge on any atom is 0.277 e. The minimum Gasteiger partial charge on any atom is -0.485 e. The predicted octanol–water partition coefficient (Wildman–Crippen LogP) is 5.58. The standard InChI is InChI=1S/C49H41O2Si4/c50-49(51)53(43-29-13-3-14-30-43,44-31-15-4-16-32-44)55(47-37-21-7-22-38-47,48-39-23-8-24-40-48)54(45-33-17-5-18-34-45,46-35-19-6-20-36-46)52(41-25-9-1-10-26-41)42-27-11-2-12-28-42/h1-40H,(H,50,51). The van der Waals surface area contributed by atoms with Crippen LogP contribution in [0.5, 0.6) is 0 Å². The molecule has 0 aromatic heterocycles. The smallest absolute Gasteiger partial charge is 0.277 e. The summed E-state index contributed by atoms with van der Waals surface area (Å²) in [4.78, 5) is 15.8. The summed E-state index contributed by atoms with van der Waals surface area (Å²) in [6.45, 7) is 0. The fourth-order valence-electron chi connectivity index (χ4n) is 9.34. The van der Waals surface area contributed by atoms with Gasteiger partial charge in [-0.05, 0) is 10.4 Å². The molecule has 2 nitrogen and oxygen atoms in total. The van der Waals surface area contributed by atoms with Crippen LogP contribution in [0.15, 0.2) is 243 Å². The van der Waals surface area contributed by atoms with Gasteiger partial charge < -0.3 is 5.11 Å². The van der Waals surface area contributed by atoms with Gasteiger partial charge in [-0.1, -0.05) is 274 Å². The van der Waals surface area contributed by atoms with Crippen LogP contribution in [-0.4, -0.2) is 40.8 Å². The van der Waals surface area contributed by atoms with Gasteiger partial charge in [0.1, 0.15) is 22.5 Å². The second-order valence-corrected chi connectivity index (χ2v) is 39.9. The zero-order valence-corrected chi connectivity index (χ0v) is 34.4. The summed E-state index contributed by atoms with van der Waals surface area (Å²) in [7, 11) is -13.4. The first-order valence-corrected chi connectivity index (χ1v) is 29.2. The number of benzene rings is 8. The number of carbonyl (C=O) groups is 1. The summed E-state index contributed by atoms with van der Waals surface area (Å²) < 4.78 is 0. The van der Waals surface area contributed by atoms with Gasteiger partial charge in [-0.15, -0.1) is 0 Å². The molecule has 55 heavy (non-hydrogen) atoms. The second kappa shape index (κ2) is 15.8. The quantitative estimate of drug-likeness (QED) is 0.165. The number of carboxylic acid groups (broad SMARTS) is 1. The Morgan fingerprint density at radius 1 is 0.327 bits per heavy atom. The van der Waals surface area contributed by atoms with Gasteiger partial charge in [-0.3, -0.25) is 4.79 Å². The molecule has 6 heteroatoms. The summed E-state index contributed by atoms with van der Waals surface area (Å²) in [5.41, 5.74) is -0.699. The predicted molar refractivity (Wildman–Crippen MR) is 240 cm³/mol. The van der Waals surface area contributed by atoms with E-state index in [9.17, 15) is 5.11 Å². The van der Waals surface area contributed by atoms with E-state index in [0.29, 0.717) is 0 Å². The largest absolute Gasteiger partial charge is 0.485 e. The summed E-state index contributed by atoms with van der Waals surface area (Å²) in [5.74, 6) is 0. The molecular formula is C49H41O2Si4. The molecule has 0 unspecified atom stereocenters. The van der Waals surface area contributed by atoms with E-state index in [1.807, 2.05) is 36.4 Å². The van der Waals surface area contributed by atoms with Gasteiger partial charge in [0, 0.05) is 0 Å². The molecule has 0 atom stereocenters. The van der Waals surface area contributed by atoms with E-state index in [4.69, 9.17) is 0 Å². The Kier molecular flexibility index (Phi) is 10.4. The van der Waals surface area contributed by atoms with E-state index in [2.05, 4.69) is 206 Å². The maximum atomic E-state index is 15.8. The minimum absolute atomic E-state index is 0.699. The molecule has 265 valence electrons. The van der Waals surface area contributed by atoms with E-state index in [0.717, 1.165) is 20.7 Å². The van der Waals surface area contributed by atoms with Gasteiger partial charge >= 0.3 is 0 Å². The topological polar surface area (TPSA) is 37.3 Å². The zero-order chi connectivity index (χ0) is 37.6. The molecule has 8 rings (SSSR count). The molecule has 1 radical (unpaired) electrons. The van der Waals surface area contributed by atoms with E-state index < -0.39 is 35.7 Å². The van der Waals surface area contributed by atoms with Crippen LogP contribution in [0, 0.1) is 0 Å². The molecule has 0 fully saturated rings. The van der Waals surface area contributed by atoms with Crippen molar-refractivity contribution in [2.24, 2.45) is 0 Å². The van der Waals surface area contributed by atoms with Crippen LogP contribution in [0.3, 0.4) is 0 Å². The van der Waals surface area contributed by atoms with Gasteiger partial charge in [-0.2, -0.15) is 0 Å². The van der Waals surface area contributed by atoms with Gasteiger partial charge in [0.25, 0.3) is 5.59 Å². The highest BCUT2D eigenvalue weighted by Gasteiger charge is 2.77. The van der Waals surface area contributed by atoms with Gasteiger partial charge in [0.15, 0.2) is 0 Å². The molecule has 0 saturated heterocycles. The molecule has 0 aliphatic carbocycles. The molecule has 0 amide bonds. The highest BCUT2D eigenvalue weighted by molar-refractivity contribution is 7.99. The minimum atomic E-state index is -4.07. The van der Waals surface area contributed by atoms with Crippen LogP contribution in [0.25, 0.3) is 0 Å². The van der Waals surface area contributed by atoms with Crippen LogP contribution in [0.4, 0.5) is 4.79 Å². The van der Waals surface area contributed by atoms with E-state index in [1.165, 1.54) is 20.7 Å². The van der Waals surface area contributed by atoms with E-state index in [1.54, 1.807) is 0 Å². The monoisotopic (exact) mass is 773 g/mol. The van der Waals surface area contributed by atoms with Crippen molar-refractivity contribution in [1.82, 2.24) is 0 Å². The molecule has 0 saturated carbocycles. The number of hydrogen-bond donors (Lipinski definition) is 1. The Morgan fingerprint density at radius 2 is 0.564 bits per heavy atom. The molecular weight excluding hydrogens is 733 g/mol. The van der Waals surface area contributed by atoms with Crippen molar-refractivity contribution in [3.8, 4) is 0 Å². The molecule has 0 spiro atoms. The lowest BCUT2D eigenvalue weighted by Gasteiger charge is -2.59. The Hall–Kier alpha value is -5.90. The fourth-order valence-corrected chi connectivity index (χ4v) is 75.3. The van der Waals surface area contributed by atoms with E-state index in [-0.39, 0.29) is 0 Å². The molecule has 0 aliphatic heterocycles. The highest BCUT2D eigenvalue weighted by atomic mass is 29.8. The van der Waals surface area contributed by atoms with Crippen LogP contribution >= 0.6 is 0 Å². The molecule has 8 aromatic carbocycles. The lowest BCUT2D eigenvalue weighted by Crippen LogP contribution is -3.05. The summed E-state index contributed by atoms with van der Waals surface area (Å²) >= 11 is 0. The van der Waals surface area contributed by atoms with Crippen LogP contribution < -0.4 is 41.5 Å². The summed E-state index contributed by atoms with van der Waals surface area (Å²) in [5, 5.41) is 22.2. The van der Waals surface area contributed by atoms with Crippen molar-refractivity contribution in [3.05, 3.63) is 243 Å². The van der Waals surface area contributed by atoms with Crippen molar-refractivity contribution in [3.63, 3.8) is 0 Å². The Morgan fingerprint density at radius 3 is 0.836 bits per heavy atom. The van der Waals surface area contributed by atoms with Crippen molar-refractivity contribution in [1.29, 1.82) is 0 Å². The van der Waals surface area contributed by atoms with Crippen molar-refractivity contribution < 1.29 is 9.90 Å². The number of hydrogen-bond acceptors (Lipinski definition) is 1. The van der Waals surface area contributed by atoms with Crippen LogP contribution in [0.1, 0.15) is 0 Å². The maximum absolute atomic E-state index is 15.8. The third-order valence-electron chi connectivity index (χ3n) is 11.2. The van der Waals surface area contributed by atoms with Crippen molar-refractivity contribution in [2.75, 3.05) is 0 Å². The summed E-state index contributed by atoms with van der Waals surface area (Å²) in [6.07, 6.45) is 0. The van der Waals surface area contributed by atoms with Crippen molar-refractivity contribution in [2.45, 2.75) is 0 Å². The average molecular weight is 774 g/mol. The zero-order valence-electron chi connectivity index (χ0n) is 30.4. The fraction of sp³-hybridized carbons (Fsp3) is 0. The molecule has 0 aliphatic rings. The molecule has 0 heterocycles. The number of rotatable bonds is 12. The third-order valence-corrected chi connectivity index (χ3v) is 58.5. The normalized spacial score (nSPS) is 11.9. The molecule has 8 aromatic rings. The Labute approximate surface area is 328 Å². The SMILES string of the molecule is O=C(O)[Si](c1ccccc1)(c1ccccc1)[Si](c1ccccc1)(c1ccccc1)[Si](c1ccccc1)(c1ccccc1)[Si](c1ccccc1)c1ccccc1. The Bertz CT molecular complexity index is 2280. The summed E-state index contributed by atoms with van der Waals surface area (Å²) in [6, 6.07) is 87.1. The van der Waals surface area contributed by atoms with Crippen molar-refractivity contribution >= 4 is 77.2 Å². The van der Waals surface area contributed by atoms with Gasteiger partial charge in [0.2, 0.25) is 7.59 Å². The first-order valence-electron chi connectivity index (χ1n) is 18.7.